The number of fused-ring (bicyclic) bond motifs is 1. The van der Waals surface area contributed by atoms with Gasteiger partial charge in [0, 0.05) is 32.6 Å². The number of rotatable bonds is 5. The van der Waals surface area contributed by atoms with E-state index in [4.69, 9.17) is 9.47 Å². The van der Waals surface area contributed by atoms with Crippen LogP contribution in [0.3, 0.4) is 0 Å². The van der Waals surface area contributed by atoms with Crippen LogP contribution in [0, 0.1) is 0 Å². The smallest absolute Gasteiger partial charge is 0.414 e. The van der Waals surface area contributed by atoms with Gasteiger partial charge >= 0.3 is 12.2 Å². The predicted octanol–water partition coefficient (Wildman–Crippen LogP) is 4.39. The second kappa shape index (κ2) is 11.2. The number of hydrogen-bond acceptors (Lipinski definition) is 6. The number of ether oxygens (including phenoxy) is 2. The molecule has 2 aliphatic heterocycles. The number of methoxy groups -OCH3 is 1. The maximum absolute atomic E-state index is 12.9. The Morgan fingerprint density at radius 3 is 2.35 bits per heavy atom. The summed E-state index contributed by atoms with van der Waals surface area (Å²) in [6, 6.07) is 14.0. The quantitative estimate of drug-likeness (QED) is 0.644. The van der Waals surface area contributed by atoms with Gasteiger partial charge in [0.25, 0.3) is 0 Å². The van der Waals surface area contributed by atoms with E-state index >= 15 is 0 Å². The molecule has 2 aromatic rings. The number of nitrogens with one attached hydrogen (secondary N) is 1. The summed E-state index contributed by atoms with van der Waals surface area (Å²) in [5.41, 5.74) is 4.34. The van der Waals surface area contributed by atoms with Crippen LogP contribution in [-0.4, -0.2) is 67.9 Å². The minimum atomic E-state index is -0.467. The molecule has 2 aliphatic rings. The van der Waals surface area contributed by atoms with Gasteiger partial charge in [-0.25, -0.2) is 9.59 Å². The number of anilines is 2. The van der Waals surface area contributed by atoms with E-state index in [1.165, 1.54) is 12.7 Å². The molecule has 1 saturated heterocycles. The van der Waals surface area contributed by atoms with Crippen LogP contribution in [0.1, 0.15) is 39.7 Å². The molecule has 0 aliphatic carbocycles. The van der Waals surface area contributed by atoms with Crippen molar-refractivity contribution in [2.45, 2.75) is 58.8 Å². The summed E-state index contributed by atoms with van der Waals surface area (Å²) >= 11 is 0. The fourth-order valence-electron chi connectivity index (χ4n) is 5.06. The molecule has 198 valence electrons. The number of hydrogen-bond donors (Lipinski definition) is 1. The first kappa shape index (κ1) is 26.5. The molecule has 0 bridgehead atoms. The lowest BCUT2D eigenvalue weighted by molar-refractivity contribution is -0.119. The average molecular weight is 509 g/mol. The van der Waals surface area contributed by atoms with E-state index in [1.807, 2.05) is 39.0 Å². The lowest BCUT2D eigenvalue weighted by atomic mass is 10.00. The number of nitrogens with zero attached hydrogens (tertiary/aromatic N) is 3. The zero-order valence-corrected chi connectivity index (χ0v) is 22.2. The summed E-state index contributed by atoms with van der Waals surface area (Å²) in [4.78, 5) is 42.3. The predicted molar refractivity (Wildman–Crippen MR) is 143 cm³/mol. The molecule has 37 heavy (non-hydrogen) atoms. The van der Waals surface area contributed by atoms with Crippen molar-refractivity contribution in [2.24, 2.45) is 0 Å². The summed E-state index contributed by atoms with van der Waals surface area (Å²) in [7, 11) is 1.35. The molecule has 1 N–H and O–H groups in total. The maximum Gasteiger partial charge on any atom is 0.414 e. The Kier molecular flexibility index (Phi) is 8.02. The molecule has 2 aromatic carbocycles. The van der Waals surface area contributed by atoms with E-state index in [-0.39, 0.29) is 24.1 Å². The molecule has 0 saturated carbocycles. The van der Waals surface area contributed by atoms with Crippen molar-refractivity contribution in [3.8, 4) is 11.1 Å². The number of amides is 3. The van der Waals surface area contributed by atoms with Crippen molar-refractivity contribution >= 4 is 29.5 Å². The van der Waals surface area contributed by atoms with Crippen LogP contribution in [0.15, 0.2) is 42.5 Å². The molecule has 1 fully saturated rings. The van der Waals surface area contributed by atoms with Crippen molar-refractivity contribution in [3.05, 3.63) is 48.0 Å². The highest BCUT2D eigenvalue weighted by Crippen LogP contribution is 2.39. The highest BCUT2D eigenvalue weighted by Gasteiger charge is 2.36. The van der Waals surface area contributed by atoms with Crippen molar-refractivity contribution in [1.29, 1.82) is 0 Å². The van der Waals surface area contributed by atoms with Gasteiger partial charge in [-0.3, -0.25) is 19.5 Å². The van der Waals surface area contributed by atoms with Crippen LogP contribution >= 0.6 is 0 Å². The van der Waals surface area contributed by atoms with Gasteiger partial charge in [0.2, 0.25) is 5.91 Å². The molecule has 0 aromatic heterocycles. The molecule has 9 heteroatoms. The Morgan fingerprint density at radius 2 is 1.70 bits per heavy atom. The van der Waals surface area contributed by atoms with E-state index in [0.717, 1.165) is 37.2 Å². The van der Waals surface area contributed by atoms with Crippen LogP contribution in [0.2, 0.25) is 0 Å². The second-order valence-corrected chi connectivity index (χ2v) is 10.1. The highest BCUT2D eigenvalue weighted by molar-refractivity contribution is 6.01. The molecular weight excluding hydrogens is 472 g/mol. The fourth-order valence-corrected chi connectivity index (χ4v) is 5.06. The first-order valence-electron chi connectivity index (χ1n) is 12.7. The summed E-state index contributed by atoms with van der Waals surface area (Å²) in [5, 5.41) is 3.00. The molecule has 2 atom stereocenters. The van der Waals surface area contributed by atoms with Gasteiger partial charge in [-0.2, -0.15) is 0 Å². The van der Waals surface area contributed by atoms with E-state index in [0.29, 0.717) is 17.9 Å². The average Bonchev–Trinajstić information content (AvgIpc) is 3.28. The largest absolute Gasteiger partial charge is 0.452 e. The Balaban J connectivity index is 1.57. The van der Waals surface area contributed by atoms with Gasteiger partial charge in [-0.05, 0) is 56.0 Å². The second-order valence-electron chi connectivity index (χ2n) is 10.1. The molecule has 9 nitrogen and oxygen atoms in total. The zero-order valence-electron chi connectivity index (χ0n) is 22.2. The molecule has 0 radical (unpaired) electrons. The third-order valence-corrected chi connectivity index (χ3v) is 6.71. The van der Waals surface area contributed by atoms with Crippen molar-refractivity contribution in [3.63, 3.8) is 0 Å². The van der Waals surface area contributed by atoms with Crippen LogP contribution in [0.25, 0.3) is 11.1 Å². The highest BCUT2D eigenvalue weighted by atomic mass is 16.6. The van der Waals surface area contributed by atoms with E-state index in [1.54, 1.807) is 16.7 Å². The van der Waals surface area contributed by atoms with Gasteiger partial charge in [0.05, 0.1) is 37.2 Å². The van der Waals surface area contributed by atoms with Crippen LogP contribution in [0.5, 0.6) is 0 Å². The Labute approximate surface area is 218 Å². The Morgan fingerprint density at radius 1 is 1.00 bits per heavy atom. The van der Waals surface area contributed by atoms with E-state index < -0.39 is 12.2 Å². The van der Waals surface area contributed by atoms with Gasteiger partial charge in [-0.15, -0.1) is 0 Å². The molecule has 2 unspecified atom stereocenters. The number of carbonyl (C=O) groups is 3. The topological polar surface area (TPSA) is 91.4 Å². The third kappa shape index (κ3) is 6.05. The third-order valence-electron chi connectivity index (χ3n) is 6.71. The Hall–Kier alpha value is -3.59. The maximum atomic E-state index is 12.9. The van der Waals surface area contributed by atoms with Crippen LogP contribution in [-0.2, 0) is 20.8 Å². The number of benzene rings is 2. The van der Waals surface area contributed by atoms with E-state index in [2.05, 4.69) is 34.5 Å². The first-order chi connectivity index (χ1) is 17.7. The van der Waals surface area contributed by atoms with E-state index in [9.17, 15) is 14.4 Å². The normalized spacial score (nSPS) is 19.5. The fraction of sp³-hybridized carbons (Fsp3) is 0.464. The molecule has 3 amide bonds. The number of likely N-dealkylation sites (tertiary alicyclic amines) is 1. The molecule has 2 heterocycles. The molecule has 0 spiro atoms. The van der Waals surface area contributed by atoms with Crippen molar-refractivity contribution in [2.75, 3.05) is 36.5 Å². The van der Waals surface area contributed by atoms with Crippen molar-refractivity contribution < 1.29 is 23.9 Å². The summed E-state index contributed by atoms with van der Waals surface area (Å²) in [6.07, 6.45) is -0.206. The lowest BCUT2D eigenvalue weighted by Gasteiger charge is -2.40. The molecular formula is C28H36N4O5. The Bertz CT molecular complexity index is 1150. The molecule has 4 rings (SSSR count). The number of carbonyl (C=O) groups excluding carboxylic acids is 3. The standard InChI is InChI=1S/C28H36N4O5/c1-18(2)37-27(34)31-15-19(3)32(28(35)36-5)25-11-10-23(14-26(25)31)22-8-6-21(7-9-22)16-30-13-12-24(17-30)29-20(4)33/h6-11,14,18-19,24H,12-13,15-17H2,1-5H3,(H,29,33). The van der Waals surface area contributed by atoms with Crippen molar-refractivity contribution in [1.82, 2.24) is 10.2 Å². The summed E-state index contributed by atoms with van der Waals surface area (Å²) < 4.78 is 10.5. The summed E-state index contributed by atoms with van der Waals surface area (Å²) in [6.45, 7) is 9.98. The van der Waals surface area contributed by atoms with Gasteiger partial charge in [0.15, 0.2) is 0 Å². The summed E-state index contributed by atoms with van der Waals surface area (Å²) in [5.74, 6) is 0.0152. The van der Waals surface area contributed by atoms with Crippen LogP contribution in [0.4, 0.5) is 21.0 Å². The van der Waals surface area contributed by atoms with Gasteiger partial charge in [-0.1, -0.05) is 30.3 Å². The lowest BCUT2D eigenvalue weighted by Crippen LogP contribution is -2.52. The SMILES string of the molecule is COC(=O)N1c2ccc(-c3ccc(CN4CCC(NC(C)=O)C4)cc3)cc2N(C(=O)OC(C)C)CC1C. The van der Waals surface area contributed by atoms with Gasteiger partial charge < -0.3 is 14.8 Å². The first-order valence-corrected chi connectivity index (χ1v) is 12.7. The van der Waals surface area contributed by atoms with Crippen LogP contribution < -0.4 is 15.1 Å². The minimum absolute atomic E-state index is 0.0152. The van der Waals surface area contributed by atoms with Gasteiger partial charge in [0.1, 0.15) is 0 Å². The zero-order chi connectivity index (χ0) is 26.7. The monoisotopic (exact) mass is 508 g/mol. The minimum Gasteiger partial charge on any atom is -0.452 e.